The van der Waals surface area contributed by atoms with E-state index < -0.39 is 0 Å². The van der Waals surface area contributed by atoms with Crippen molar-refractivity contribution >= 4 is 21.6 Å². The Hall–Kier alpha value is -0.540. The summed E-state index contributed by atoms with van der Waals surface area (Å²) in [6.07, 6.45) is 2.35. The number of hydrogen-bond acceptors (Lipinski definition) is 2. The summed E-state index contributed by atoms with van der Waals surface area (Å²) in [6, 6.07) is 6.45. The van der Waals surface area contributed by atoms with E-state index in [-0.39, 0.29) is 0 Å². The van der Waals surface area contributed by atoms with Crippen LogP contribution in [0.3, 0.4) is 0 Å². The topological polar surface area (TPSA) is 29.3 Å². The molecule has 3 heteroatoms. The molecule has 2 nitrogen and oxygen atoms in total. The fraction of sp³-hybridized carbons (Fsp3) is 0.538. The molecule has 0 atom stereocenters. The molecule has 1 rings (SSSR count). The summed E-state index contributed by atoms with van der Waals surface area (Å²) in [5, 5.41) is 0. The minimum absolute atomic E-state index is 0.586. The van der Waals surface area contributed by atoms with Gasteiger partial charge in [0.25, 0.3) is 0 Å². The quantitative estimate of drug-likeness (QED) is 0.866. The summed E-state index contributed by atoms with van der Waals surface area (Å²) in [7, 11) is 0. The van der Waals surface area contributed by atoms with Crippen LogP contribution in [-0.4, -0.2) is 13.1 Å². The maximum Gasteiger partial charge on any atom is 0.0377 e. The Morgan fingerprint density at radius 3 is 2.25 bits per heavy atom. The molecule has 2 N–H and O–H groups in total. The molecule has 0 unspecified atom stereocenters. The first-order valence-corrected chi connectivity index (χ1v) is 6.75. The average molecular weight is 285 g/mol. The van der Waals surface area contributed by atoms with Crippen molar-refractivity contribution in [1.82, 2.24) is 0 Å². The van der Waals surface area contributed by atoms with E-state index in [2.05, 4.69) is 52.9 Å². The Labute approximate surface area is 107 Å². The standard InChI is InChI=1S/C13H21BrN2/c1-3-7-16(8-4-2)12-6-5-11(10-15)13(14)9-12/h5-6,9H,3-4,7-8,10,15H2,1-2H3. The zero-order valence-corrected chi connectivity index (χ0v) is 11.8. The van der Waals surface area contributed by atoms with Gasteiger partial charge in [0.1, 0.15) is 0 Å². The van der Waals surface area contributed by atoms with Gasteiger partial charge >= 0.3 is 0 Å². The molecule has 0 radical (unpaired) electrons. The number of hydrogen-bond donors (Lipinski definition) is 1. The predicted molar refractivity (Wildman–Crippen MR) is 74.8 cm³/mol. The van der Waals surface area contributed by atoms with Crippen molar-refractivity contribution in [2.45, 2.75) is 33.2 Å². The van der Waals surface area contributed by atoms with Gasteiger partial charge in [-0.05, 0) is 30.5 Å². The molecule has 16 heavy (non-hydrogen) atoms. The first kappa shape index (κ1) is 13.5. The zero-order chi connectivity index (χ0) is 12.0. The number of nitrogens with two attached hydrogens (primary N) is 1. The third-order valence-electron chi connectivity index (χ3n) is 2.61. The second-order valence-corrected chi connectivity index (χ2v) is 4.82. The van der Waals surface area contributed by atoms with Crippen molar-refractivity contribution < 1.29 is 0 Å². The lowest BCUT2D eigenvalue weighted by atomic mass is 10.2. The smallest absolute Gasteiger partial charge is 0.0377 e. The van der Waals surface area contributed by atoms with Gasteiger partial charge in [0.15, 0.2) is 0 Å². The highest BCUT2D eigenvalue weighted by molar-refractivity contribution is 9.10. The lowest BCUT2D eigenvalue weighted by Gasteiger charge is -2.24. The monoisotopic (exact) mass is 284 g/mol. The molecule has 0 heterocycles. The first-order valence-electron chi connectivity index (χ1n) is 5.96. The van der Waals surface area contributed by atoms with Crippen LogP contribution in [-0.2, 0) is 6.54 Å². The second kappa shape index (κ2) is 6.92. The van der Waals surface area contributed by atoms with E-state index in [1.54, 1.807) is 0 Å². The maximum absolute atomic E-state index is 5.65. The highest BCUT2D eigenvalue weighted by Crippen LogP contribution is 2.24. The molecule has 90 valence electrons. The highest BCUT2D eigenvalue weighted by Gasteiger charge is 2.06. The van der Waals surface area contributed by atoms with Crippen molar-refractivity contribution in [2.75, 3.05) is 18.0 Å². The summed E-state index contributed by atoms with van der Waals surface area (Å²) in [4.78, 5) is 2.42. The van der Waals surface area contributed by atoms with Crippen LogP contribution < -0.4 is 10.6 Å². The van der Waals surface area contributed by atoms with Crippen LogP contribution in [0.5, 0.6) is 0 Å². The van der Waals surface area contributed by atoms with Crippen LogP contribution in [0.25, 0.3) is 0 Å². The largest absolute Gasteiger partial charge is 0.372 e. The van der Waals surface area contributed by atoms with Crippen molar-refractivity contribution in [2.24, 2.45) is 5.73 Å². The molecule has 0 amide bonds. The van der Waals surface area contributed by atoms with Gasteiger partial charge < -0.3 is 10.6 Å². The Morgan fingerprint density at radius 1 is 1.19 bits per heavy atom. The van der Waals surface area contributed by atoms with Crippen molar-refractivity contribution in [3.05, 3.63) is 28.2 Å². The van der Waals surface area contributed by atoms with E-state index in [0.717, 1.165) is 23.1 Å². The van der Waals surface area contributed by atoms with E-state index in [4.69, 9.17) is 5.73 Å². The van der Waals surface area contributed by atoms with E-state index >= 15 is 0 Å². The predicted octanol–water partition coefficient (Wildman–Crippen LogP) is 3.53. The maximum atomic E-state index is 5.65. The van der Waals surface area contributed by atoms with Crippen LogP contribution >= 0.6 is 15.9 Å². The molecule has 0 aliphatic heterocycles. The molecular formula is C13H21BrN2. The number of anilines is 1. The molecule has 0 aliphatic rings. The molecule has 1 aromatic carbocycles. The molecule has 0 aliphatic carbocycles. The third-order valence-corrected chi connectivity index (χ3v) is 3.35. The van der Waals surface area contributed by atoms with Crippen molar-refractivity contribution in [1.29, 1.82) is 0 Å². The van der Waals surface area contributed by atoms with Gasteiger partial charge in [-0.15, -0.1) is 0 Å². The van der Waals surface area contributed by atoms with Gasteiger partial charge in [-0.1, -0.05) is 35.8 Å². The average Bonchev–Trinajstić information content (AvgIpc) is 2.28. The van der Waals surface area contributed by atoms with Gasteiger partial charge in [0, 0.05) is 29.8 Å². The summed E-state index contributed by atoms with van der Waals surface area (Å²) < 4.78 is 1.12. The third kappa shape index (κ3) is 3.49. The van der Waals surface area contributed by atoms with Gasteiger partial charge in [0.2, 0.25) is 0 Å². The SMILES string of the molecule is CCCN(CCC)c1ccc(CN)c(Br)c1. The molecular weight excluding hydrogens is 264 g/mol. The second-order valence-electron chi connectivity index (χ2n) is 3.97. The Bertz CT molecular complexity index is 320. The van der Waals surface area contributed by atoms with Crippen LogP contribution in [0.4, 0.5) is 5.69 Å². The minimum Gasteiger partial charge on any atom is -0.372 e. The zero-order valence-electron chi connectivity index (χ0n) is 10.2. The Balaban J connectivity index is 2.87. The first-order chi connectivity index (χ1) is 7.72. The van der Waals surface area contributed by atoms with E-state index in [1.165, 1.54) is 18.5 Å². The van der Waals surface area contributed by atoms with Crippen molar-refractivity contribution in [3.63, 3.8) is 0 Å². The van der Waals surface area contributed by atoms with E-state index in [9.17, 15) is 0 Å². The molecule has 0 saturated heterocycles. The summed E-state index contributed by atoms with van der Waals surface area (Å²) in [5.74, 6) is 0. The fourth-order valence-electron chi connectivity index (χ4n) is 1.81. The van der Waals surface area contributed by atoms with Crippen LogP contribution in [0.1, 0.15) is 32.3 Å². The lowest BCUT2D eigenvalue weighted by molar-refractivity contribution is 0.744. The molecule has 0 fully saturated rings. The van der Waals surface area contributed by atoms with E-state index in [0.29, 0.717) is 6.54 Å². The number of halogens is 1. The van der Waals surface area contributed by atoms with Crippen molar-refractivity contribution in [3.8, 4) is 0 Å². The number of nitrogens with zero attached hydrogens (tertiary/aromatic N) is 1. The number of rotatable bonds is 6. The van der Waals surface area contributed by atoms with Gasteiger partial charge in [-0.3, -0.25) is 0 Å². The van der Waals surface area contributed by atoms with Crippen LogP contribution in [0.2, 0.25) is 0 Å². The van der Waals surface area contributed by atoms with E-state index in [1.807, 2.05) is 0 Å². The molecule has 0 aromatic heterocycles. The van der Waals surface area contributed by atoms with Crippen LogP contribution in [0.15, 0.2) is 22.7 Å². The Kier molecular flexibility index (Phi) is 5.85. The summed E-state index contributed by atoms with van der Waals surface area (Å²) in [5.41, 5.74) is 8.10. The van der Waals surface area contributed by atoms with Crippen LogP contribution in [0, 0.1) is 0 Å². The molecule has 0 spiro atoms. The Morgan fingerprint density at radius 2 is 1.81 bits per heavy atom. The fourth-order valence-corrected chi connectivity index (χ4v) is 2.34. The molecule has 0 bridgehead atoms. The summed E-state index contributed by atoms with van der Waals surface area (Å²) >= 11 is 3.57. The minimum atomic E-state index is 0.586. The lowest BCUT2D eigenvalue weighted by Crippen LogP contribution is -2.24. The summed E-state index contributed by atoms with van der Waals surface area (Å²) in [6.45, 7) is 7.24. The highest BCUT2D eigenvalue weighted by atomic mass is 79.9. The molecule has 1 aromatic rings. The van der Waals surface area contributed by atoms with Gasteiger partial charge in [0.05, 0.1) is 0 Å². The normalized spacial score (nSPS) is 10.5. The molecule has 0 saturated carbocycles. The van der Waals surface area contributed by atoms with Gasteiger partial charge in [-0.25, -0.2) is 0 Å². The van der Waals surface area contributed by atoms with Gasteiger partial charge in [-0.2, -0.15) is 0 Å². The number of benzene rings is 1.